The standard InChI is InChI=1S/C4H9F3N2O2S.ClH/c5-4(6,7)12(10,11)9-3-1-2-8;/h9H,1-3,8H2;1H. The lowest BCUT2D eigenvalue weighted by molar-refractivity contribution is -0.0447. The monoisotopic (exact) mass is 242 g/mol. The number of halogens is 4. The van der Waals surface area contributed by atoms with Crippen LogP contribution in [0.25, 0.3) is 0 Å². The highest BCUT2D eigenvalue weighted by Crippen LogP contribution is 2.21. The summed E-state index contributed by atoms with van der Waals surface area (Å²) in [6.45, 7) is -0.154. The quantitative estimate of drug-likeness (QED) is 0.692. The van der Waals surface area contributed by atoms with E-state index in [1.54, 1.807) is 0 Å². The number of nitrogens with two attached hydrogens (primary N) is 1. The van der Waals surface area contributed by atoms with Crippen LogP contribution in [0.5, 0.6) is 0 Å². The molecule has 0 aromatic heterocycles. The Balaban J connectivity index is 0. The van der Waals surface area contributed by atoms with Gasteiger partial charge in [-0.25, -0.2) is 13.1 Å². The van der Waals surface area contributed by atoms with Crippen molar-refractivity contribution in [1.82, 2.24) is 4.72 Å². The van der Waals surface area contributed by atoms with Crippen LogP contribution in [0.1, 0.15) is 6.42 Å². The van der Waals surface area contributed by atoms with E-state index in [0.29, 0.717) is 0 Å². The smallest absolute Gasteiger partial charge is 0.330 e. The van der Waals surface area contributed by atoms with E-state index < -0.39 is 15.5 Å². The van der Waals surface area contributed by atoms with Gasteiger partial charge in [0.2, 0.25) is 0 Å². The van der Waals surface area contributed by atoms with Gasteiger partial charge in [-0.1, -0.05) is 0 Å². The fourth-order valence-electron chi connectivity index (χ4n) is 0.390. The van der Waals surface area contributed by atoms with Crippen molar-refractivity contribution in [2.24, 2.45) is 5.73 Å². The predicted octanol–water partition coefficient (Wildman–Crippen LogP) is 0.196. The molecule has 0 radical (unpaired) electrons. The third-order valence-electron chi connectivity index (χ3n) is 0.978. The molecule has 0 heterocycles. The van der Waals surface area contributed by atoms with E-state index in [-0.39, 0.29) is 31.9 Å². The lowest BCUT2D eigenvalue weighted by Gasteiger charge is -2.08. The second kappa shape index (κ2) is 5.63. The highest BCUT2D eigenvalue weighted by atomic mass is 35.5. The van der Waals surface area contributed by atoms with Crippen LogP contribution in [-0.4, -0.2) is 27.0 Å². The summed E-state index contributed by atoms with van der Waals surface area (Å²) >= 11 is 0. The van der Waals surface area contributed by atoms with Crippen molar-refractivity contribution in [2.75, 3.05) is 13.1 Å². The number of sulfonamides is 1. The number of rotatable bonds is 4. The molecule has 0 aromatic rings. The molecule has 82 valence electrons. The van der Waals surface area contributed by atoms with Crippen molar-refractivity contribution in [3.05, 3.63) is 0 Å². The Morgan fingerprint density at radius 2 is 1.77 bits per heavy atom. The first kappa shape index (κ1) is 15.4. The second-order valence-electron chi connectivity index (χ2n) is 1.99. The van der Waals surface area contributed by atoms with Gasteiger partial charge in [-0.15, -0.1) is 12.4 Å². The fraction of sp³-hybridized carbons (Fsp3) is 1.00. The topological polar surface area (TPSA) is 72.2 Å². The minimum atomic E-state index is -5.23. The van der Waals surface area contributed by atoms with E-state index in [9.17, 15) is 21.6 Å². The number of hydrogen-bond acceptors (Lipinski definition) is 3. The van der Waals surface area contributed by atoms with Crippen LogP contribution in [0.2, 0.25) is 0 Å². The molecular formula is C4H10ClF3N2O2S. The maximum absolute atomic E-state index is 11.6. The molecule has 0 amide bonds. The molecule has 0 aliphatic heterocycles. The maximum atomic E-state index is 11.6. The normalized spacial score (nSPS) is 12.3. The summed E-state index contributed by atoms with van der Waals surface area (Å²) in [6, 6.07) is 0. The molecule has 0 aromatic carbocycles. The average Bonchev–Trinajstić information content (AvgIpc) is 1.85. The third kappa shape index (κ3) is 5.29. The Labute approximate surface area is 80.1 Å². The summed E-state index contributed by atoms with van der Waals surface area (Å²) in [7, 11) is -5.18. The Kier molecular flexibility index (Phi) is 6.68. The molecular weight excluding hydrogens is 233 g/mol. The minimum absolute atomic E-state index is 0. The van der Waals surface area contributed by atoms with Crippen molar-refractivity contribution in [2.45, 2.75) is 11.9 Å². The zero-order valence-electron chi connectivity index (χ0n) is 6.47. The molecule has 4 nitrogen and oxygen atoms in total. The van der Waals surface area contributed by atoms with Crippen LogP contribution in [0.4, 0.5) is 13.2 Å². The van der Waals surface area contributed by atoms with Crippen molar-refractivity contribution in [1.29, 1.82) is 0 Å². The SMILES string of the molecule is Cl.NCCCNS(=O)(=O)C(F)(F)F. The van der Waals surface area contributed by atoms with Crippen LogP contribution >= 0.6 is 12.4 Å². The maximum Gasteiger partial charge on any atom is 0.511 e. The lowest BCUT2D eigenvalue weighted by Crippen LogP contribution is -2.37. The molecule has 0 rings (SSSR count). The number of alkyl halides is 3. The Morgan fingerprint density at radius 3 is 2.08 bits per heavy atom. The Morgan fingerprint density at radius 1 is 1.31 bits per heavy atom. The summed E-state index contributed by atoms with van der Waals surface area (Å²) in [5.74, 6) is 0. The van der Waals surface area contributed by atoms with Gasteiger partial charge in [0.1, 0.15) is 0 Å². The third-order valence-corrected chi connectivity index (χ3v) is 2.17. The van der Waals surface area contributed by atoms with Gasteiger partial charge in [0.15, 0.2) is 0 Å². The molecule has 0 saturated heterocycles. The van der Waals surface area contributed by atoms with E-state index in [0.717, 1.165) is 0 Å². The molecule has 0 atom stereocenters. The van der Waals surface area contributed by atoms with Crippen LogP contribution in [-0.2, 0) is 10.0 Å². The zero-order chi connectivity index (χ0) is 9.83. The first-order chi connectivity index (χ1) is 5.31. The highest BCUT2D eigenvalue weighted by molar-refractivity contribution is 7.90. The second-order valence-corrected chi connectivity index (χ2v) is 3.74. The van der Waals surface area contributed by atoms with Crippen LogP contribution in [0.15, 0.2) is 0 Å². The van der Waals surface area contributed by atoms with Gasteiger partial charge in [0.05, 0.1) is 0 Å². The number of hydrogen-bond donors (Lipinski definition) is 2. The molecule has 0 bridgehead atoms. The molecule has 0 saturated carbocycles. The van der Waals surface area contributed by atoms with Crippen LogP contribution < -0.4 is 10.5 Å². The van der Waals surface area contributed by atoms with Gasteiger partial charge < -0.3 is 5.73 Å². The average molecular weight is 243 g/mol. The van der Waals surface area contributed by atoms with Gasteiger partial charge in [0.25, 0.3) is 0 Å². The summed E-state index contributed by atoms with van der Waals surface area (Å²) in [5.41, 5.74) is -0.284. The van der Waals surface area contributed by atoms with Crippen LogP contribution in [0.3, 0.4) is 0 Å². The summed E-state index contributed by atoms with van der Waals surface area (Å²) in [6.07, 6.45) is 0.176. The molecule has 13 heavy (non-hydrogen) atoms. The van der Waals surface area contributed by atoms with E-state index in [1.165, 1.54) is 4.72 Å². The molecule has 0 fully saturated rings. The molecule has 3 N–H and O–H groups in total. The lowest BCUT2D eigenvalue weighted by atomic mass is 10.4. The molecule has 0 unspecified atom stereocenters. The van der Waals surface area contributed by atoms with Crippen molar-refractivity contribution >= 4 is 22.4 Å². The fourth-order valence-corrected chi connectivity index (χ4v) is 0.967. The van der Waals surface area contributed by atoms with Crippen molar-refractivity contribution in [3.8, 4) is 0 Å². The zero-order valence-corrected chi connectivity index (χ0v) is 8.10. The highest BCUT2D eigenvalue weighted by Gasteiger charge is 2.45. The van der Waals surface area contributed by atoms with Gasteiger partial charge in [-0.3, -0.25) is 0 Å². The first-order valence-electron chi connectivity index (χ1n) is 3.07. The summed E-state index contributed by atoms with van der Waals surface area (Å²) in [5, 5.41) is 0. The van der Waals surface area contributed by atoms with Gasteiger partial charge >= 0.3 is 15.5 Å². The summed E-state index contributed by atoms with van der Waals surface area (Å²) < 4.78 is 56.6. The van der Waals surface area contributed by atoms with E-state index in [1.807, 2.05) is 0 Å². The molecule has 0 aliphatic rings. The van der Waals surface area contributed by atoms with Gasteiger partial charge in [0, 0.05) is 6.54 Å². The summed E-state index contributed by atoms with van der Waals surface area (Å²) in [4.78, 5) is 0. The van der Waals surface area contributed by atoms with Crippen molar-refractivity contribution < 1.29 is 21.6 Å². The Hall–Kier alpha value is -0.0500. The van der Waals surface area contributed by atoms with E-state index in [4.69, 9.17) is 5.73 Å². The van der Waals surface area contributed by atoms with Crippen molar-refractivity contribution in [3.63, 3.8) is 0 Å². The predicted molar refractivity (Wildman–Crippen MR) is 43.9 cm³/mol. The molecule has 0 spiro atoms. The Bertz CT molecular complexity index is 228. The minimum Gasteiger partial charge on any atom is -0.330 e. The molecule has 9 heteroatoms. The van der Waals surface area contributed by atoms with Gasteiger partial charge in [-0.2, -0.15) is 13.2 Å². The van der Waals surface area contributed by atoms with Crippen LogP contribution in [0, 0.1) is 0 Å². The van der Waals surface area contributed by atoms with E-state index in [2.05, 4.69) is 0 Å². The molecule has 0 aliphatic carbocycles. The van der Waals surface area contributed by atoms with E-state index >= 15 is 0 Å². The number of nitrogens with one attached hydrogen (secondary N) is 1. The largest absolute Gasteiger partial charge is 0.511 e. The first-order valence-corrected chi connectivity index (χ1v) is 4.55. The van der Waals surface area contributed by atoms with Gasteiger partial charge in [-0.05, 0) is 13.0 Å².